The van der Waals surface area contributed by atoms with E-state index >= 15 is 0 Å². The summed E-state index contributed by atoms with van der Waals surface area (Å²) in [6.07, 6.45) is 2.80. The monoisotopic (exact) mass is 269 g/mol. The molecule has 4 nitrogen and oxygen atoms in total. The highest BCUT2D eigenvalue weighted by Gasteiger charge is 2.40. The van der Waals surface area contributed by atoms with Gasteiger partial charge in [-0.25, -0.2) is 0 Å². The number of hydrogen-bond acceptors (Lipinski definition) is 3. The maximum absolute atomic E-state index is 12.0. The third-order valence-electron chi connectivity index (χ3n) is 3.50. The van der Waals surface area contributed by atoms with Gasteiger partial charge in [0.05, 0.1) is 17.8 Å². The SMILES string of the molecule is CC(C)[S@+]([O-])N[C@@H]1C[C@H](C(C)(C)C)n2nccc21. The number of rotatable bonds is 3. The number of fused-ring (bicyclic) bond motifs is 1. The van der Waals surface area contributed by atoms with E-state index in [1.54, 1.807) is 0 Å². The van der Waals surface area contributed by atoms with Crippen LogP contribution in [-0.2, 0) is 11.4 Å². The highest BCUT2D eigenvalue weighted by Crippen LogP contribution is 2.43. The Labute approximate surface area is 112 Å². The van der Waals surface area contributed by atoms with Crippen molar-refractivity contribution in [3.8, 4) is 0 Å². The van der Waals surface area contributed by atoms with Gasteiger partial charge >= 0.3 is 0 Å². The summed E-state index contributed by atoms with van der Waals surface area (Å²) in [6.45, 7) is 10.6. The zero-order valence-corrected chi connectivity index (χ0v) is 12.6. The first-order valence-corrected chi connectivity index (χ1v) is 7.72. The quantitative estimate of drug-likeness (QED) is 0.858. The highest BCUT2D eigenvalue weighted by molar-refractivity contribution is 7.90. The van der Waals surface area contributed by atoms with Gasteiger partial charge in [0.1, 0.15) is 5.25 Å². The topological polar surface area (TPSA) is 52.9 Å². The van der Waals surface area contributed by atoms with Crippen LogP contribution in [0.25, 0.3) is 0 Å². The van der Waals surface area contributed by atoms with Crippen LogP contribution in [0.3, 0.4) is 0 Å². The molecule has 0 aliphatic carbocycles. The normalized spacial score (nSPS) is 25.5. The fraction of sp³-hybridized carbons (Fsp3) is 0.769. The fourth-order valence-corrected chi connectivity index (χ4v) is 3.18. The van der Waals surface area contributed by atoms with Crippen molar-refractivity contribution in [2.45, 2.75) is 58.4 Å². The standard InChI is InChI=1S/C13H23N3OS/c1-9(2)18(17)15-10-8-12(13(3,4)5)16-11(10)6-7-14-16/h6-7,9-10,12,15H,8H2,1-5H3/t10-,12-,18+/m1/s1. The van der Waals surface area contributed by atoms with Gasteiger partial charge in [-0.15, -0.1) is 4.72 Å². The first-order valence-electron chi connectivity index (χ1n) is 6.51. The summed E-state index contributed by atoms with van der Waals surface area (Å²) in [5.74, 6) is 0. The summed E-state index contributed by atoms with van der Waals surface area (Å²) < 4.78 is 17.3. The Hall–Kier alpha value is -0.520. The lowest BCUT2D eigenvalue weighted by Crippen LogP contribution is -2.33. The molecule has 1 aliphatic rings. The van der Waals surface area contributed by atoms with Crippen LogP contribution in [-0.4, -0.2) is 19.6 Å². The van der Waals surface area contributed by atoms with Crippen molar-refractivity contribution in [1.29, 1.82) is 0 Å². The average molecular weight is 269 g/mol. The minimum atomic E-state index is -0.986. The molecule has 102 valence electrons. The average Bonchev–Trinajstić information content (AvgIpc) is 2.79. The van der Waals surface area contributed by atoms with Crippen molar-refractivity contribution in [1.82, 2.24) is 14.5 Å². The van der Waals surface area contributed by atoms with Crippen LogP contribution >= 0.6 is 0 Å². The lowest BCUT2D eigenvalue weighted by molar-refractivity contribution is 0.229. The molecule has 0 saturated heterocycles. The Morgan fingerprint density at radius 1 is 1.50 bits per heavy atom. The number of aromatic nitrogens is 2. The van der Waals surface area contributed by atoms with Gasteiger partial charge in [0, 0.05) is 17.6 Å². The summed E-state index contributed by atoms with van der Waals surface area (Å²) in [5.41, 5.74) is 1.32. The molecule has 1 aromatic rings. The van der Waals surface area contributed by atoms with E-state index in [1.165, 1.54) is 0 Å². The molecular weight excluding hydrogens is 246 g/mol. The van der Waals surface area contributed by atoms with Crippen molar-refractivity contribution in [3.63, 3.8) is 0 Å². The molecule has 0 unspecified atom stereocenters. The molecule has 0 radical (unpaired) electrons. The summed E-state index contributed by atoms with van der Waals surface area (Å²) in [5, 5.41) is 4.56. The second-order valence-electron chi connectivity index (χ2n) is 6.33. The predicted octanol–water partition coefficient (Wildman–Crippen LogP) is 2.58. The highest BCUT2D eigenvalue weighted by atomic mass is 32.2. The van der Waals surface area contributed by atoms with Gasteiger partial charge in [-0.1, -0.05) is 20.8 Å². The second-order valence-corrected chi connectivity index (χ2v) is 8.11. The molecule has 0 amide bonds. The molecule has 1 N–H and O–H groups in total. The second kappa shape index (κ2) is 4.87. The number of nitrogens with one attached hydrogen (secondary N) is 1. The zero-order chi connectivity index (χ0) is 13.5. The lowest BCUT2D eigenvalue weighted by Gasteiger charge is -2.27. The molecule has 18 heavy (non-hydrogen) atoms. The van der Waals surface area contributed by atoms with Gasteiger partial charge in [0.25, 0.3) is 0 Å². The molecule has 2 rings (SSSR count). The van der Waals surface area contributed by atoms with Crippen LogP contribution in [0.15, 0.2) is 12.3 Å². The Morgan fingerprint density at radius 3 is 2.72 bits per heavy atom. The minimum absolute atomic E-state index is 0.134. The van der Waals surface area contributed by atoms with E-state index in [1.807, 2.05) is 26.1 Å². The van der Waals surface area contributed by atoms with E-state index in [-0.39, 0.29) is 16.7 Å². The van der Waals surface area contributed by atoms with E-state index in [0.717, 1.165) is 12.1 Å². The molecule has 5 heteroatoms. The van der Waals surface area contributed by atoms with Crippen LogP contribution in [0, 0.1) is 5.41 Å². The summed E-state index contributed by atoms with van der Waals surface area (Å²) in [4.78, 5) is 0. The smallest absolute Gasteiger partial charge is 0.129 e. The summed E-state index contributed by atoms with van der Waals surface area (Å²) in [6, 6.07) is 2.55. The fourth-order valence-electron chi connectivity index (χ4n) is 2.41. The molecule has 0 bridgehead atoms. The third-order valence-corrected chi connectivity index (χ3v) is 4.87. The first-order chi connectivity index (χ1) is 8.30. The third kappa shape index (κ3) is 2.58. The lowest BCUT2D eigenvalue weighted by atomic mass is 9.85. The van der Waals surface area contributed by atoms with Crippen molar-refractivity contribution in [2.75, 3.05) is 0 Å². The number of hydrogen-bond donors (Lipinski definition) is 1. The Kier molecular flexibility index (Phi) is 3.76. The van der Waals surface area contributed by atoms with Crippen molar-refractivity contribution < 1.29 is 4.55 Å². The molecule has 0 saturated carbocycles. The Bertz CT molecular complexity index is 411. The summed E-state index contributed by atoms with van der Waals surface area (Å²) >= 11 is -0.986. The first kappa shape index (κ1) is 13.9. The van der Waals surface area contributed by atoms with Crippen molar-refractivity contribution >= 4 is 11.4 Å². The van der Waals surface area contributed by atoms with Crippen LogP contribution in [0.4, 0.5) is 0 Å². The van der Waals surface area contributed by atoms with Gasteiger partial charge in [-0.05, 0) is 31.7 Å². The van der Waals surface area contributed by atoms with Crippen molar-refractivity contribution in [2.24, 2.45) is 5.41 Å². The van der Waals surface area contributed by atoms with E-state index < -0.39 is 11.4 Å². The van der Waals surface area contributed by atoms with Crippen LogP contribution in [0.5, 0.6) is 0 Å². The molecule has 0 fully saturated rings. The summed E-state index contributed by atoms with van der Waals surface area (Å²) in [7, 11) is 0. The molecule has 0 aromatic carbocycles. The molecule has 1 aliphatic heterocycles. The van der Waals surface area contributed by atoms with E-state index in [9.17, 15) is 4.55 Å². The molecule has 2 heterocycles. The maximum atomic E-state index is 12.0. The van der Waals surface area contributed by atoms with Crippen LogP contribution < -0.4 is 4.72 Å². The van der Waals surface area contributed by atoms with Gasteiger partial charge in [-0.3, -0.25) is 4.68 Å². The van der Waals surface area contributed by atoms with E-state index in [4.69, 9.17) is 0 Å². The maximum Gasteiger partial charge on any atom is 0.129 e. The molecule has 0 spiro atoms. The van der Waals surface area contributed by atoms with Crippen molar-refractivity contribution in [3.05, 3.63) is 18.0 Å². The molecule has 3 atom stereocenters. The Morgan fingerprint density at radius 2 is 2.17 bits per heavy atom. The zero-order valence-electron chi connectivity index (χ0n) is 11.8. The van der Waals surface area contributed by atoms with E-state index in [0.29, 0.717) is 6.04 Å². The Balaban J connectivity index is 2.18. The molecular formula is C13H23N3OS. The van der Waals surface area contributed by atoms with Gasteiger partial charge in [-0.2, -0.15) is 5.10 Å². The minimum Gasteiger partial charge on any atom is -0.598 e. The van der Waals surface area contributed by atoms with Gasteiger partial charge in [0.15, 0.2) is 0 Å². The van der Waals surface area contributed by atoms with Crippen LogP contribution in [0.2, 0.25) is 0 Å². The predicted molar refractivity (Wildman–Crippen MR) is 74.5 cm³/mol. The van der Waals surface area contributed by atoms with Crippen LogP contribution in [0.1, 0.15) is 58.8 Å². The molecule has 1 aromatic heterocycles. The van der Waals surface area contributed by atoms with E-state index in [2.05, 4.69) is 35.3 Å². The van der Waals surface area contributed by atoms with Gasteiger partial charge in [0.2, 0.25) is 0 Å². The largest absolute Gasteiger partial charge is 0.598 e. The van der Waals surface area contributed by atoms with Gasteiger partial charge < -0.3 is 4.55 Å². The number of nitrogens with zero attached hydrogens (tertiary/aromatic N) is 2.